The fraction of sp³-hybridized carbons (Fsp3) is 0.462. The highest BCUT2D eigenvalue weighted by Crippen LogP contribution is 2.23. The molecule has 1 aromatic rings. The summed E-state index contributed by atoms with van der Waals surface area (Å²) in [7, 11) is -3.15. The number of carbonyl (C=O) groups is 1. The Balaban J connectivity index is 2.80. The summed E-state index contributed by atoms with van der Waals surface area (Å²) >= 11 is 3.28. The van der Waals surface area contributed by atoms with Crippen LogP contribution in [0, 0.1) is 0 Å². The Hall–Kier alpha value is -0.880. The Kier molecular flexibility index (Phi) is 6.00. The van der Waals surface area contributed by atoms with E-state index in [0.29, 0.717) is 12.0 Å². The van der Waals surface area contributed by atoms with Crippen LogP contribution < -0.4 is 0 Å². The van der Waals surface area contributed by atoms with Crippen LogP contribution in [-0.2, 0) is 14.6 Å². The van der Waals surface area contributed by atoms with Gasteiger partial charge in [0, 0.05) is 10.2 Å². The van der Waals surface area contributed by atoms with Gasteiger partial charge in [-0.25, -0.2) is 8.42 Å². The molecular weight excluding hydrogens is 332 g/mol. The number of halogens is 1. The highest BCUT2D eigenvalue weighted by molar-refractivity contribution is 9.10. The maximum absolute atomic E-state index is 11.6. The van der Waals surface area contributed by atoms with Gasteiger partial charge < -0.3 is 5.11 Å². The fourth-order valence-electron chi connectivity index (χ4n) is 1.84. The highest BCUT2D eigenvalue weighted by Gasteiger charge is 2.22. The fourth-order valence-corrected chi connectivity index (χ4v) is 3.52. The van der Waals surface area contributed by atoms with Crippen molar-refractivity contribution in [2.45, 2.75) is 25.7 Å². The number of rotatable bonds is 7. The van der Waals surface area contributed by atoms with Crippen molar-refractivity contribution in [1.29, 1.82) is 0 Å². The molecular formula is C13H17BrO4S. The molecule has 0 aliphatic heterocycles. The minimum absolute atomic E-state index is 0.0894. The molecule has 0 fully saturated rings. The number of hydrogen-bond acceptors (Lipinski definition) is 3. The molecule has 0 amide bonds. The van der Waals surface area contributed by atoms with Gasteiger partial charge in [0.25, 0.3) is 0 Å². The van der Waals surface area contributed by atoms with Crippen molar-refractivity contribution in [2.75, 3.05) is 11.5 Å². The quantitative estimate of drug-likeness (QED) is 0.822. The van der Waals surface area contributed by atoms with Gasteiger partial charge in [0.15, 0.2) is 0 Å². The van der Waals surface area contributed by atoms with Gasteiger partial charge in [-0.3, -0.25) is 4.79 Å². The van der Waals surface area contributed by atoms with Crippen molar-refractivity contribution in [3.05, 3.63) is 34.3 Å². The van der Waals surface area contributed by atoms with E-state index in [1.807, 2.05) is 0 Å². The molecule has 1 unspecified atom stereocenters. The lowest BCUT2D eigenvalue weighted by Crippen LogP contribution is -2.18. The lowest BCUT2D eigenvalue weighted by molar-refractivity contribution is -0.138. The van der Waals surface area contributed by atoms with E-state index in [0.717, 1.165) is 4.47 Å². The molecule has 0 heterocycles. The smallest absolute Gasteiger partial charge is 0.311 e. The van der Waals surface area contributed by atoms with Gasteiger partial charge in [-0.2, -0.15) is 0 Å². The third-order valence-electron chi connectivity index (χ3n) is 2.80. The summed E-state index contributed by atoms with van der Waals surface area (Å²) in [5, 5.41) is 9.22. The molecule has 4 nitrogen and oxygen atoms in total. The molecule has 0 saturated carbocycles. The van der Waals surface area contributed by atoms with E-state index >= 15 is 0 Å². The van der Waals surface area contributed by atoms with Crippen LogP contribution >= 0.6 is 15.9 Å². The second-order valence-electron chi connectivity index (χ2n) is 4.38. The van der Waals surface area contributed by atoms with Gasteiger partial charge in [0.2, 0.25) is 0 Å². The van der Waals surface area contributed by atoms with E-state index < -0.39 is 21.7 Å². The van der Waals surface area contributed by atoms with Crippen LogP contribution in [0.5, 0.6) is 0 Å². The Morgan fingerprint density at radius 1 is 1.26 bits per heavy atom. The minimum Gasteiger partial charge on any atom is -0.481 e. The van der Waals surface area contributed by atoms with Crippen LogP contribution in [-0.4, -0.2) is 31.0 Å². The SMILES string of the molecule is CCCS(=O)(=O)CCC(C(=O)O)c1ccc(Br)cc1. The van der Waals surface area contributed by atoms with E-state index in [9.17, 15) is 18.3 Å². The molecule has 106 valence electrons. The van der Waals surface area contributed by atoms with Crippen molar-refractivity contribution < 1.29 is 18.3 Å². The highest BCUT2D eigenvalue weighted by atomic mass is 79.9. The average Bonchev–Trinajstić information content (AvgIpc) is 2.31. The predicted octanol–water partition coefficient (Wildman–Crippen LogP) is 2.83. The first-order chi connectivity index (χ1) is 8.85. The maximum atomic E-state index is 11.6. The zero-order valence-corrected chi connectivity index (χ0v) is 13.1. The van der Waals surface area contributed by atoms with Crippen molar-refractivity contribution >= 4 is 31.7 Å². The largest absolute Gasteiger partial charge is 0.481 e. The molecule has 1 aromatic carbocycles. The van der Waals surface area contributed by atoms with E-state index in [-0.39, 0.29) is 17.9 Å². The van der Waals surface area contributed by atoms with Crippen molar-refractivity contribution in [3.8, 4) is 0 Å². The zero-order chi connectivity index (χ0) is 14.5. The number of benzene rings is 1. The Labute approximate surface area is 121 Å². The van der Waals surface area contributed by atoms with E-state index in [4.69, 9.17) is 0 Å². The first-order valence-electron chi connectivity index (χ1n) is 6.04. The maximum Gasteiger partial charge on any atom is 0.311 e. The first kappa shape index (κ1) is 16.2. The van der Waals surface area contributed by atoms with Crippen molar-refractivity contribution in [3.63, 3.8) is 0 Å². The van der Waals surface area contributed by atoms with Gasteiger partial charge in [-0.05, 0) is 30.5 Å². The number of carboxylic acid groups (broad SMARTS) is 1. The normalized spacial score (nSPS) is 13.2. The van der Waals surface area contributed by atoms with Gasteiger partial charge in [-0.15, -0.1) is 0 Å². The summed E-state index contributed by atoms with van der Waals surface area (Å²) < 4.78 is 24.1. The molecule has 6 heteroatoms. The Morgan fingerprint density at radius 3 is 2.32 bits per heavy atom. The number of hydrogen-bond donors (Lipinski definition) is 1. The standard InChI is InChI=1S/C13H17BrO4S/c1-2-8-19(17,18)9-7-12(13(15)16)10-3-5-11(14)6-4-10/h3-6,12H,2,7-9H2,1H3,(H,15,16). The molecule has 0 aromatic heterocycles. The van der Waals surface area contributed by atoms with Crippen LogP contribution in [0.25, 0.3) is 0 Å². The second-order valence-corrected chi connectivity index (χ2v) is 7.60. The van der Waals surface area contributed by atoms with Gasteiger partial charge >= 0.3 is 5.97 Å². The minimum atomic E-state index is -3.15. The molecule has 1 rings (SSSR count). The Bertz CT molecular complexity index is 522. The van der Waals surface area contributed by atoms with Gasteiger partial charge in [0.05, 0.1) is 11.7 Å². The molecule has 0 spiro atoms. The van der Waals surface area contributed by atoms with Crippen LogP contribution in [0.15, 0.2) is 28.7 Å². The lowest BCUT2D eigenvalue weighted by Gasteiger charge is -2.13. The monoisotopic (exact) mass is 348 g/mol. The predicted molar refractivity (Wildman–Crippen MR) is 78.1 cm³/mol. The van der Waals surface area contributed by atoms with Crippen LogP contribution in [0.3, 0.4) is 0 Å². The van der Waals surface area contributed by atoms with Crippen LogP contribution in [0.4, 0.5) is 0 Å². The van der Waals surface area contributed by atoms with Crippen molar-refractivity contribution in [2.24, 2.45) is 0 Å². The van der Waals surface area contributed by atoms with Crippen molar-refractivity contribution in [1.82, 2.24) is 0 Å². The molecule has 0 radical (unpaired) electrons. The molecule has 0 aliphatic rings. The summed E-state index contributed by atoms with van der Waals surface area (Å²) in [6, 6.07) is 6.92. The number of sulfone groups is 1. The molecule has 0 bridgehead atoms. The second kappa shape index (κ2) is 7.05. The summed E-state index contributed by atoms with van der Waals surface area (Å²) in [6.07, 6.45) is 0.664. The summed E-state index contributed by atoms with van der Waals surface area (Å²) in [5.41, 5.74) is 0.627. The zero-order valence-electron chi connectivity index (χ0n) is 10.7. The lowest BCUT2D eigenvalue weighted by atomic mass is 9.97. The molecule has 0 aliphatic carbocycles. The third kappa shape index (κ3) is 5.32. The Morgan fingerprint density at radius 2 is 1.84 bits per heavy atom. The van der Waals surface area contributed by atoms with Crippen LogP contribution in [0.2, 0.25) is 0 Å². The van der Waals surface area contributed by atoms with E-state index in [1.54, 1.807) is 31.2 Å². The number of carboxylic acids is 1. The molecule has 19 heavy (non-hydrogen) atoms. The average molecular weight is 349 g/mol. The van der Waals surface area contributed by atoms with E-state index in [1.165, 1.54) is 0 Å². The molecule has 0 saturated heterocycles. The summed E-state index contributed by atoms with van der Waals surface area (Å²) in [4.78, 5) is 11.3. The molecule has 1 atom stereocenters. The third-order valence-corrected chi connectivity index (χ3v) is 5.22. The van der Waals surface area contributed by atoms with E-state index in [2.05, 4.69) is 15.9 Å². The first-order valence-corrected chi connectivity index (χ1v) is 8.66. The number of aliphatic carboxylic acids is 1. The summed E-state index contributed by atoms with van der Waals surface area (Å²) in [5.74, 6) is -1.75. The van der Waals surface area contributed by atoms with Gasteiger partial charge in [-0.1, -0.05) is 35.0 Å². The molecule has 1 N–H and O–H groups in total. The van der Waals surface area contributed by atoms with Gasteiger partial charge in [0.1, 0.15) is 9.84 Å². The summed E-state index contributed by atoms with van der Waals surface area (Å²) in [6.45, 7) is 1.79. The van der Waals surface area contributed by atoms with Crippen LogP contribution in [0.1, 0.15) is 31.2 Å². The topological polar surface area (TPSA) is 71.4 Å².